The maximum atomic E-state index is 12.0. The van der Waals surface area contributed by atoms with Crippen LogP contribution in [-0.4, -0.2) is 47.8 Å². The highest BCUT2D eigenvalue weighted by Crippen LogP contribution is 2.23. The first kappa shape index (κ1) is 15.7. The molecule has 0 radical (unpaired) electrons. The van der Waals surface area contributed by atoms with E-state index in [1.54, 1.807) is 23.8 Å². The summed E-state index contributed by atoms with van der Waals surface area (Å²) in [6.45, 7) is 0.907. The highest BCUT2D eigenvalue weighted by Gasteiger charge is 2.30. The predicted octanol–water partition coefficient (Wildman–Crippen LogP) is 2.11. The van der Waals surface area contributed by atoms with Crippen LogP contribution in [0.25, 0.3) is 0 Å². The first-order valence-electron chi connectivity index (χ1n) is 6.87. The van der Waals surface area contributed by atoms with E-state index in [4.69, 9.17) is 9.84 Å². The summed E-state index contributed by atoms with van der Waals surface area (Å²) in [5, 5.41) is 8.93. The first-order chi connectivity index (χ1) is 10.1. The summed E-state index contributed by atoms with van der Waals surface area (Å²) >= 11 is 1.61. The highest BCUT2D eigenvalue weighted by atomic mass is 32.2. The third-order valence-electron chi connectivity index (χ3n) is 3.53. The molecule has 1 atom stereocenters. The zero-order valence-corrected chi connectivity index (χ0v) is 12.8. The van der Waals surface area contributed by atoms with E-state index < -0.39 is 11.9 Å². The molecular formula is C15H19NO4S. The molecule has 1 saturated heterocycles. The van der Waals surface area contributed by atoms with Crippen molar-refractivity contribution < 1.29 is 19.4 Å². The summed E-state index contributed by atoms with van der Waals surface area (Å²) in [4.78, 5) is 25.6. The minimum absolute atomic E-state index is 0.0414. The number of methoxy groups -OCH3 is 1. The number of carboxylic acids is 1. The van der Waals surface area contributed by atoms with E-state index in [0.717, 1.165) is 10.6 Å². The molecule has 5 nitrogen and oxygen atoms in total. The third kappa shape index (κ3) is 4.39. The standard InChI is InChI=1S/C15H19NO4S/c1-20-12-2-4-13(5-3-12)21-9-7-14(17)16-8-6-11(10-16)15(18)19/h2-5,11H,6-10H2,1H3,(H,18,19). The number of ether oxygens (including phenoxy) is 1. The molecule has 1 aromatic carbocycles. The summed E-state index contributed by atoms with van der Waals surface area (Å²) in [6.07, 6.45) is 0.996. The van der Waals surface area contributed by atoms with E-state index in [9.17, 15) is 9.59 Å². The lowest BCUT2D eigenvalue weighted by atomic mass is 10.1. The van der Waals surface area contributed by atoms with Crippen LogP contribution in [-0.2, 0) is 9.59 Å². The van der Waals surface area contributed by atoms with Crippen LogP contribution in [0.3, 0.4) is 0 Å². The summed E-state index contributed by atoms with van der Waals surface area (Å²) in [6, 6.07) is 7.71. The van der Waals surface area contributed by atoms with Gasteiger partial charge in [-0.05, 0) is 30.7 Å². The predicted molar refractivity (Wildman–Crippen MR) is 80.7 cm³/mol. The number of aliphatic carboxylic acids is 1. The quantitative estimate of drug-likeness (QED) is 0.815. The number of amides is 1. The van der Waals surface area contributed by atoms with E-state index in [2.05, 4.69) is 0 Å². The fourth-order valence-electron chi connectivity index (χ4n) is 2.27. The second-order valence-corrected chi connectivity index (χ2v) is 6.11. The molecular weight excluding hydrogens is 290 g/mol. The van der Waals surface area contributed by atoms with Crippen LogP contribution in [0.5, 0.6) is 5.75 Å². The Morgan fingerprint density at radius 2 is 2.10 bits per heavy atom. The molecule has 1 unspecified atom stereocenters. The normalized spacial score (nSPS) is 17.8. The lowest BCUT2D eigenvalue weighted by Gasteiger charge is -2.15. The Hall–Kier alpha value is -1.69. The number of hydrogen-bond donors (Lipinski definition) is 1. The maximum Gasteiger partial charge on any atom is 0.308 e. The van der Waals surface area contributed by atoms with Crippen molar-refractivity contribution in [3.63, 3.8) is 0 Å². The van der Waals surface area contributed by atoms with Gasteiger partial charge >= 0.3 is 5.97 Å². The van der Waals surface area contributed by atoms with Crippen LogP contribution in [0.2, 0.25) is 0 Å². The Morgan fingerprint density at radius 3 is 2.67 bits per heavy atom. The number of likely N-dealkylation sites (tertiary alicyclic amines) is 1. The lowest BCUT2D eigenvalue weighted by molar-refractivity contribution is -0.141. The minimum atomic E-state index is -0.807. The van der Waals surface area contributed by atoms with Crippen molar-refractivity contribution in [2.24, 2.45) is 5.92 Å². The van der Waals surface area contributed by atoms with Gasteiger partial charge in [0.15, 0.2) is 0 Å². The molecule has 21 heavy (non-hydrogen) atoms. The Balaban J connectivity index is 1.73. The van der Waals surface area contributed by atoms with Gasteiger partial charge in [0, 0.05) is 30.2 Å². The van der Waals surface area contributed by atoms with Crippen LogP contribution >= 0.6 is 11.8 Å². The zero-order valence-electron chi connectivity index (χ0n) is 11.9. The van der Waals surface area contributed by atoms with E-state index in [-0.39, 0.29) is 5.91 Å². The average molecular weight is 309 g/mol. The number of nitrogens with zero attached hydrogens (tertiary/aromatic N) is 1. The Bertz CT molecular complexity index is 503. The van der Waals surface area contributed by atoms with Gasteiger partial charge in [-0.1, -0.05) is 0 Å². The van der Waals surface area contributed by atoms with Gasteiger partial charge in [0.25, 0.3) is 0 Å². The lowest BCUT2D eigenvalue weighted by Crippen LogP contribution is -2.30. The summed E-state index contributed by atoms with van der Waals surface area (Å²) in [5.41, 5.74) is 0. The molecule has 1 N–H and O–H groups in total. The smallest absolute Gasteiger partial charge is 0.308 e. The van der Waals surface area contributed by atoms with Gasteiger partial charge in [-0.15, -0.1) is 11.8 Å². The van der Waals surface area contributed by atoms with E-state index in [1.165, 1.54) is 0 Å². The molecule has 0 bridgehead atoms. The number of benzene rings is 1. The van der Waals surface area contributed by atoms with Crippen molar-refractivity contribution in [2.75, 3.05) is 26.0 Å². The molecule has 0 aromatic heterocycles. The van der Waals surface area contributed by atoms with Gasteiger partial charge in [-0.25, -0.2) is 0 Å². The summed E-state index contributed by atoms with van der Waals surface area (Å²) in [5.74, 6) is 0.340. The third-order valence-corrected chi connectivity index (χ3v) is 4.55. The Kier molecular flexibility index (Phi) is 5.50. The molecule has 1 fully saturated rings. The first-order valence-corrected chi connectivity index (χ1v) is 7.86. The summed E-state index contributed by atoms with van der Waals surface area (Å²) < 4.78 is 5.09. The van der Waals surface area contributed by atoms with Crippen molar-refractivity contribution in [1.29, 1.82) is 0 Å². The van der Waals surface area contributed by atoms with Gasteiger partial charge < -0.3 is 14.7 Å². The SMILES string of the molecule is COc1ccc(SCCC(=O)N2CCC(C(=O)O)C2)cc1. The largest absolute Gasteiger partial charge is 0.497 e. The molecule has 1 aliphatic rings. The topological polar surface area (TPSA) is 66.8 Å². The Labute approximate surface area is 128 Å². The monoisotopic (exact) mass is 309 g/mol. The fraction of sp³-hybridized carbons (Fsp3) is 0.467. The molecule has 1 heterocycles. The van der Waals surface area contributed by atoms with E-state index >= 15 is 0 Å². The number of hydrogen-bond acceptors (Lipinski definition) is 4. The van der Waals surface area contributed by atoms with Crippen LogP contribution in [0, 0.1) is 5.92 Å². The molecule has 1 amide bonds. The van der Waals surface area contributed by atoms with Gasteiger partial charge in [-0.3, -0.25) is 9.59 Å². The van der Waals surface area contributed by atoms with Crippen LogP contribution in [0.4, 0.5) is 0 Å². The highest BCUT2D eigenvalue weighted by molar-refractivity contribution is 7.99. The molecule has 1 aromatic rings. The summed E-state index contributed by atoms with van der Waals surface area (Å²) in [7, 11) is 1.63. The van der Waals surface area contributed by atoms with Crippen LogP contribution in [0.1, 0.15) is 12.8 Å². The van der Waals surface area contributed by atoms with Crippen molar-refractivity contribution in [3.8, 4) is 5.75 Å². The molecule has 0 aliphatic carbocycles. The van der Waals surface area contributed by atoms with Gasteiger partial charge in [-0.2, -0.15) is 0 Å². The number of thioether (sulfide) groups is 1. The molecule has 114 valence electrons. The van der Waals surface area contributed by atoms with Gasteiger partial charge in [0.2, 0.25) is 5.91 Å². The second-order valence-electron chi connectivity index (χ2n) is 4.94. The second kappa shape index (κ2) is 7.36. The van der Waals surface area contributed by atoms with Crippen molar-refractivity contribution in [1.82, 2.24) is 4.90 Å². The van der Waals surface area contributed by atoms with Crippen molar-refractivity contribution in [2.45, 2.75) is 17.7 Å². The van der Waals surface area contributed by atoms with Crippen molar-refractivity contribution >= 4 is 23.6 Å². The zero-order chi connectivity index (χ0) is 15.2. The Morgan fingerprint density at radius 1 is 1.38 bits per heavy atom. The van der Waals surface area contributed by atoms with Crippen LogP contribution < -0.4 is 4.74 Å². The van der Waals surface area contributed by atoms with Gasteiger partial charge in [0.1, 0.15) is 5.75 Å². The molecule has 2 rings (SSSR count). The van der Waals surface area contributed by atoms with Crippen LogP contribution in [0.15, 0.2) is 29.2 Å². The van der Waals surface area contributed by atoms with Gasteiger partial charge in [0.05, 0.1) is 13.0 Å². The average Bonchev–Trinajstić information content (AvgIpc) is 2.98. The number of carboxylic acid groups (broad SMARTS) is 1. The van der Waals surface area contributed by atoms with E-state index in [0.29, 0.717) is 31.7 Å². The fourth-order valence-corrected chi connectivity index (χ4v) is 3.12. The minimum Gasteiger partial charge on any atom is -0.497 e. The number of carbonyl (C=O) groups is 2. The molecule has 0 spiro atoms. The van der Waals surface area contributed by atoms with Crippen molar-refractivity contribution in [3.05, 3.63) is 24.3 Å². The maximum absolute atomic E-state index is 12.0. The number of carbonyl (C=O) groups excluding carboxylic acids is 1. The number of rotatable bonds is 6. The molecule has 0 saturated carbocycles. The van der Waals surface area contributed by atoms with E-state index in [1.807, 2.05) is 24.3 Å². The molecule has 1 aliphatic heterocycles. The molecule has 6 heteroatoms.